The highest BCUT2D eigenvalue weighted by atomic mass is 16.6. The fourth-order valence-corrected chi connectivity index (χ4v) is 3.24. The van der Waals surface area contributed by atoms with Gasteiger partial charge in [0.1, 0.15) is 12.4 Å². The van der Waals surface area contributed by atoms with Crippen LogP contribution in [0, 0.1) is 0 Å². The highest BCUT2D eigenvalue weighted by Gasteiger charge is 2.30. The number of carbonyl (C=O) groups is 1. The van der Waals surface area contributed by atoms with Crippen molar-refractivity contribution in [2.24, 2.45) is 0 Å². The van der Waals surface area contributed by atoms with Crippen LogP contribution in [0.5, 0.6) is 11.5 Å². The minimum absolute atomic E-state index is 0.0327. The number of hydrogen-bond acceptors (Lipinski definition) is 6. The van der Waals surface area contributed by atoms with Gasteiger partial charge in [0, 0.05) is 19.6 Å². The van der Waals surface area contributed by atoms with Crippen molar-refractivity contribution in [1.82, 2.24) is 10.2 Å². The summed E-state index contributed by atoms with van der Waals surface area (Å²) in [6, 6.07) is 11.1. The molecule has 2 aliphatic heterocycles. The van der Waals surface area contributed by atoms with Crippen LogP contribution in [-0.2, 0) is 9.53 Å². The maximum atomic E-state index is 12.6. The molecule has 2 aromatic rings. The van der Waals surface area contributed by atoms with Crippen molar-refractivity contribution in [2.75, 3.05) is 39.5 Å². The highest BCUT2D eigenvalue weighted by molar-refractivity contribution is 5.81. The van der Waals surface area contributed by atoms with Crippen LogP contribution in [0.15, 0.2) is 47.1 Å². The number of ether oxygens (including phenoxy) is 3. The first kappa shape index (κ1) is 16.9. The van der Waals surface area contributed by atoms with Gasteiger partial charge in [-0.1, -0.05) is 12.1 Å². The Bertz CT molecular complexity index is 727. The number of hydrogen-bond donors (Lipinski definition) is 1. The van der Waals surface area contributed by atoms with Gasteiger partial charge >= 0.3 is 0 Å². The topological polar surface area (TPSA) is 73.2 Å². The molecule has 0 saturated carbocycles. The van der Waals surface area contributed by atoms with Crippen LogP contribution in [0.2, 0.25) is 0 Å². The van der Waals surface area contributed by atoms with Crippen molar-refractivity contribution in [3.05, 3.63) is 48.4 Å². The summed E-state index contributed by atoms with van der Waals surface area (Å²) in [5.41, 5.74) is 0. The molecule has 0 aliphatic carbocycles. The first-order valence-corrected chi connectivity index (χ1v) is 8.82. The Balaban J connectivity index is 1.39. The van der Waals surface area contributed by atoms with E-state index in [9.17, 15) is 4.79 Å². The number of furan rings is 1. The van der Waals surface area contributed by atoms with Crippen molar-refractivity contribution >= 4 is 5.91 Å². The summed E-state index contributed by atoms with van der Waals surface area (Å²) in [6.07, 6.45) is 0.992. The highest BCUT2D eigenvalue weighted by Crippen LogP contribution is 2.31. The Labute approximate surface area is 151 Å². The van der Waals surface area contributed by atoms with Crippen molar-refractivity contribution in [3.8, 4) is 11.5 Å². The number of amides is 1. The van der Waals surface area contributed by atoms with E-state index in [4.69, 9.17) is 18.6 Å². The van der Waals surface area contributed by atoms with Crippen molar-refractivity contribution < 1.29 is 23.4 Å². The molecule has 4 rings (SSSR count). The molecule has 0 radical (unpaired) electrons. The van der Waals surface area contributed by atoms with Gasteiger partial charge in [-0.25, -0.2) is 0 Å². The van der Waals surface area contributed by atoms with Crippen LogP contribution in [-0.4, -0.2) is 56.4 Å². The van der Waals surface area contributed by atoms with Crippen LogP contribution < -0.4 is 14.8 Å². The van der Waals surface area contributed by atoms with Crippen LogP contribution in [0.25, 0.3) is 0 Å². The first-order valence-electron chi connectivity index (χ1n) is 8.82. The van der Waals surface area contributed by atoms with E-state index in [2.05, 4.69) is 10.2 Å². The van der Waals surface area contributed by atoms with E-state index in [0.717, 1.165) is 18.8 Å². The third-order valence-electron chi connectivity index (χ3n) is 4.63. The van der Waals surface area contributed by atoms with Gasteiger partial charge in [0.15, 0.2) is 11.5 Å². The maximum Gasteiger partial charge on any atom is 0.264 e. The number of benzene rings is 1. The zero-order chi connectivity index (χ0) is 17.8. The van der Waals surface area contributed by atoms with E-state index in [1.54, 1.807) is 12.3 Å². The molecule has 1 aromatic heterocycles. The number of fused-ring (bicyclic) bond motifs is 1. The lowest BCUT2D eigenvalue weighted by atomic mass is 10.1. The second kappa shape index (κ2) is 7.80. The van der Waals surface area contributed by atoms with E-state index in [1.165, 1.54) is 0 Å². The summed E-state index contributed by atoms with van der Waals surface area (Å²) in [6.45, 7) is 3.61. The normalized spacial score (nSPS) is 21.2. The molecule has 1 amide bonds. The molecule has 2 aliphatic rings. The molecule has 3 heterocycles. The molecule has 7 heteroatoms. The summed E-state index contributed by atoms with van der Waals surface area (Å²) in [5, 5.41) is 2.98. The molecule has 0 bridgehead atoms. The zero-order valence-electron chi connectivity index (χ0n) is 14.4. The quantitative estimate of drug-likeness (QED) is 0.875. The molecule has 0 spiro atoms. The van der Waals surface area contributed by atoms with E-state index >= 15 is 0 Å². The molecule has 138 valence electrons. The second-order valence-corrected chi connectivity index (χ2v) is 6.29. The zero-order valence-corrected chi connectivity index (χ0v) is 14.4. The van der Waals surface area contributed by atoms with Crippen molar-refractivity contribution in [2.45, 2.75) is 12.1 Å². The van der Waals surface area contributed by atoms with Gasteiger partial charge in [-0.15, -0.1) is 0 Å². The average Bonchev–Trinajstić information content (AvgIpc) is 3.23. The second-order valence-electron chi connectivity index (χ2n) is 6.29. The van der Waals surface area contributed by atoms with Crippen molar-refractivity contribution in [1.29, 1.82) is 0 Å². The molecular formula is C19H22N2O5. The number of nitrogens with zero attached hydrogens (tertiary/aromatic N) is 1. The Morgan fingerprint density at radius 2 is 1.96 bits per heavy atom. The molecule has 1 saturated heterocycles. The SMILES string of the molecule is O=C(NC[C@@H](c1ccco1)N1CCOCC1)[C@H]1COc2ccccc2O1. The summed E-state index contributed by atoms with van der Waals surface area (Å²) < 4.78 is 22.4. The summed E-state index contributed by atoms with van der Waals surface area (Å²) in [4.78, 5) is 14.8. The van der Waals surface area contributed by atoms with Gasteiger partial charge in [0.2, 0.25) is 6.10 Å². The molecule has 1 N–H and O–H groups in total. The summed E-state index contributed by atoms with van der Waals surface area (Å²) in [5.74, 6) is 1.90. The number of rotatable bonds is 5. The van der Waals surface area contributed by atoms with Gasteiger partial charge < -0.3 is 23.9 Å². The van der Waals surface area contributed by atoms with E-state index in [1.807, 2.05) is 30.3 Å². The van der Waals surface area contributed by atoms with E-state index in [-0.39, 0.29) is 18.6 Å². The lowest BCUT2D eigenvalue weighted by Crippen LogP contribution is -2.48. The maximum absolute atomic E-state index is 12.6. The molecule has 1 fully saturated rings. The smallest absolute Gasteiger partial charge is 0.264 e. The predicted molar refractivity (Wildman–Crippen MR) is 93.2 cm³/mol. The third kappa shape index (κ3) is 3.68. The fourth-order valence-electron chi connectivity index (χ4n) is 3.24. The average molecular weight is 358 g/mol. The lowest BCUT2D eigenvalue weighted by Gasteiger charge is -2.34. The first-order chi connectivity index (χ1) is 12.8. The molecule has 0 unspecified atom stereocenters. The summed E-state index contributed by atoms with van der Waals surface area (Å²) in [7, 11) is 0. The van der Waals surface area contributed by atoms with Gasteiger partial charge in [-0.05, 0) is 24.3 Å². The summed E-state index contributed by atoms with van der Waals surface area (Å²) >= 11 is 0. The third-order valence-corrected chi connectivity index (χ3v) is 4.63. The largest absolute Gasteiger partial charge is 0.485 e. The van der Waals surface area contributed by atoms with Gasteiger partial charge in [-0.2, -0.15) is 0 Å². The molecule has 7 nitrogen and oxygen atoms in total. The molecule has 1 aromatic carbocycles. The van der Waals surface area contributed by atoms with Crippen LogP contribution >= 0.6 is 0 Å². The van der Waals surface area contributed by atoms with E-state index < -0.39 is 6.10 Å². The Hall–Kier alpha value is -2.51. The van der Waals surface area contributed by atoms with E-state index in [0.29, 0.717) is 31.3 Å². The Kier molecular flexibility index (Phi) is 5.08. The van der Waals surface area contributed by atoms with Gasteiger partial charge in [0.25, 0.3) is 5.91 Å². The monoisotopic (exact) mass is 358 g/mol. The number of carbonyl (C=O) groups excluding carboxylic acids is 1. The number of morpholine rings is 1. The van der Waals surface area contributed by atoms with Gasteiger partial charge in [0.05, 0.1) is 25.5 Å². The number of nitrogens with one attached hydrogen (secondary N) is 1. The van der Waals surface area contributed by atoms with Crippen LogP contribution in [0.3, 0.4) is 0 Å². The lowest BCUT2D eigenvalue weighted by molar-refractivity contribution is -0.130. The van der Waals surface area contributed by atoms with Crippen LogP contribution in [0.4, 0.5) is 0 Å². The van der Waals surface area contributed by atoms with Gasteiger partial charge in [-0.3, -0.25) is 9.69 Å². The Morgan fingerprint density at radius 3 is 2.73 bits per heavy atom. The minimum atomic E-state index is -0.660. The predicted octanol–water partition coefficient (Wildman–Crippen LogP) is 1.61. The van der Waals surface area contributed by atoms with Crippen LogP contribution in [0.1, 0.15) is 11.8 Å². The number of para-hydroxylation sites is 2. The minimum Gasteiger partial charge on any atom is -0.485 e. The molecule has 26 heavy (non-hydrogen) atoms. The Morgan fingerprint density at radius 1 is 1.15 bits per heavy atom. The molecule has 2 atom stereocenters. The molecular weight excluding hydrogens is 336 g/mol. The van der Waals surface area contributed by atoms with Crippen molar-refractivity contribution in [3.63, 3.8) is 0 Å². The fraction of sp³-hybridized carbons (Fsp3) is 0.421. The standard InChI is InChI=1S/C19H22N2O5/c22-19(18-13-25-16-4-1-2-5-17(16)26-18)20-12-14(15-6-3-9-24-15)21-7-10-23-11-8-21/h1-6,9,14,18H,7-8,10-13H2,(H,20,22)/t14-,18+/m0/s1.